The molecule has 0 saturated heterocycles. The second kappa shape index (κ2) is 3.44. The Hall–Kier alpha value is -0.920. The Morgan fingerprint density at radius 1 is 1.15 bits per heavy atom. The molecular formula is C10H5Cl2O. The summed E-state index contributed by atoms with van der Waals surface area (Å²) in [5.74, 6) is 0.674. The Morgan fingerprint density at radius 2 is 2.00 bits per heavy atom. The summed E-state index contributed by atoms with van der Waals surface area (Å²) in [6, 6.07) is 8.71. The van der Waals surface area contributed by atoms with Gasteiger partial charge >= 0.3 is 0 Å². The van der Waals surface area contributed by atoms with Crippen LogP contribution in [-0.2, 0) is 0 Å². The molecule has 0 N–H and O–H groups in total. The highest BCUT2D eigenvalue weighted by atomic mass is 35.5. The van der Waals surface area contributed by atoms with Gasteiger partial charge in [-0.05, 0) is 30.3 Å². The van der Waals surface area contributed by atoms with E-state index in [1.165, 1.54) is 0 Å². The summed E-state index contributed by atoms with van der Waals surface area (Å²) >= 11 is 11.8. The van der Waals surface area contributed by atoms with Gasteiger partial charge in [0.15, 0.2) is 6.26 Å². The van der Waals surface area contributed by atoms with Crippen molar-refractivity contribution in [1.29, 1.82) is 0 Å². The van der Waals surface area contributed by atoms with Crippen molar-refractivity contribution < 1.29 is 4.42 Å². The van der Waals surface area contributed by atoms with Gasteiger partial charge in [0.05, 0.1) is 5.02 Å². The summed E-state index contributed by atoms with van der Waals surface area (Å²) in [5.41, 5.74) is 0.787. The molecule has 1 aromatic heterocycles. The molecule has 1 nitrogen and oxygen atoms in total. The van der Waals surface area contributed by atoms with E-state index in [0.29, 0.717) is 15.8 Å². The van der Waals surface area contributed by atoms with Crippen LogP contribution in [0.3, 0.4) is 0 Å². The smallest absolute Gasteiger partial charge is 0.170 e. The van der Waals surface area contributed by atoms with Crippen molar-refractivity contribution >= 4 is 23.2 Å². The molecule has 2 rings (SSSR count). The van der Waals surface area contributed by atoms with Crippen LogP contribution < -0.4 is 0 Å². The van der Waals surface area contributed by atoms with E-state index in [4.69, 9.17) is 27.6 Å². The van der Waals surface area contributed by atoms with Gasteiger partial charge in [-0.15, -0.1) is 0 Å². The summed E-state index contributed by atoms with van der Waals surface area (Å²) in [7, 11) is 0. The largest absolute Gasteiger partial charge is 0.453 e. The zero-order valence-corrected chi connectivity index (χ0v) is 8.06. The van der Waals surface area contributed by atoms with Crippen molar-refractivity contribution in [2.45, 2.75) is 0 Å². The van der Waals surface area contributed by atoms with Crippen LogP contribution in [-0.4, -0.2) is 0 Å². The first-order chi connectivity index (χ1) is 6.27. The second-order valence-corrected chi connectivity index (χ2v) is 3.39. The second-order valence-electron chi connectivity index (χ2n) is 2.54. The SMILES string of the molecule is Clc1ccc(Cl)c(-c2cc[c]o2)c1. The average Bonchev–Trinajstić information content (AvgIpc) is 2.61. The van der Waals surface area contributed by atoms with Gasteiger partial charge in [-0.2, -0.15) is 0 Å². The van der Waals surface area contributed by atoms with Crippen LogP contribution in [0.2, 0.25) is 10.0 Å². The Kier molecular flexibility index (Phi) is 2.30. The number of hydrogen-bond acceptors (Lipinski definition) is 1. The average molecular weight is 212 g/mol. The monoisotopic (exact) mass is 211 g/mol. The zero-order chi connectivity index (χ0) is 9.26. The van der Waals surface area contributed by atoms with Crippen LogP contribution in [0, 0.1) is 6.26 Å². The summed E-state index contributed by atoms with van der Waals surface area (Å²) in [6.07, 6.45) is 2.60. The molecule has 0 amide bonds. The maximum absolute atomic E-state index is 5.96. The number of furan rings is 1. The Morgan fingerprint density at radius 3 is 2.69 bits per heavy atom. The van der Waals surface area contributed by atoms with Crippen molar-refractivity contribution in [3.05, 3.63) is 46.6 Å². The maximum Gasteiger partial charge on any atom is 0.170 e. The molecule has 0 saturated carbocycles. The number of hydrogen-bond donors (Lipinski definition) is 0. The van der Waals surface area contributed by atoms with Crippen molar-refractivity contribution in [1.82, 2.24) is 0 Å². The molecule has 0 spiro atoms. The van der Waals surface area contributed by atoms with E-state index in [-0.39, 0.29) is 0 Å². The molecule has 0 aliphatic rings. The Balaban J connectivity index is 2.57. The van der Waals surface area contributed by atoms with Crippen molar-refractivity contribution in [3.63, 3.8) is 0 Å². The van der Waals surface area contributed by atoms with Gasteiger partial charge in [-0.3, -0.25) is 0 Å². The zero-order valence-electron chi connectivity index (χ0n) is 6.55. The summed E-state index contributed by atoms with van der Waals surface area (Å²) in [4.78, 5) is 0. The van der Waals surface area contributed by atoms with E-state index in [1.54, 1.807) is 30.3 Å². The number of rotatable bonds is 1. The predicted octanol–water partition coefficient (Wildman–Crippen LogP) is 4.05. The summed E-state index contributed by atoms with van der Waals surface area (Å²) in [5, 5.41) is 1.25. The molecule has 0 atom stereocenters. The van der Waals surface area contributed by atoms with Crippen LogP contribution in [0.4, 0.5) is 0 Å². The van der Waals surface area contributed by atoms with Gasteiger partial charge in [-0.1, -0.05) is 23.2 Å². The fourth-order valence-corrected chi connectivity index (χ4v) is 1.46. The van der Waals surface area contributed by atoms with E-state index in [9.17, 15) is 0 Å². The van der Waals surface area contributed by atoms with Gasteiger partial charge in [-0.25, -0.2) is 0 Å². The highest BCUT2D eigenvalue weighted by Crippen LogP contribution is 2.30. The fraction of sp³-hybridized carbons (Fsp3) is 0. The quantitative estimate of drug-likeness (QED) is 0.694. The maximum atomic E-state index is 5.96. The van der Waals surface area contributed by atoms with Crippen molar-refractivity contribution in [2.75, 3.05) is 0 Å². The third-order valence-corrected chi connectivity index (χ3v) is 2.23. The summed E-state index contributed by atoms with van der Waals surface area (Å²) < 4.78 is 5.09. The standard InChI is InChI=1S/C10H5Cl2O/c11-7-3-4-9(12)8(6-7)10-2-1-5-13-10/h1-4,6H. The first kappa shape index (κ1) is 8.67. The van der Waals surface area contributed by atoms with Gasteiger partial charge in [0, 0.05) is 10.6 Å². The molecule has 0 aliphatic carbocycles. The lowest BCUT2D eigenvalue weighted by atomic mass is 10.2. The van der Waals surface area contributed by atoms with E-state index in [0.717, 1.165) is 5.56 Å². The van der Waals surface area contributed by atoms with Crippen LogP contribution in [0.1, 0.15) is 0 Å². The molecule has 1 heterocycles. The molecule has 0 aliphatic heterocycles. The highest BCUT2D eigenvalue weighted by molar-refractivity contribution is 6.35. The fourth-order valence-electron chi connectivity index (χ4n) is 1.07. The first-order valence-corrected chi connectivity index (χ1v) is 4.44. The van der Waals surface area contributed by atoms with Crippen molar-refractivity contribution in [2.24, 2.45) is 0 Å². The van der Waals surface area contributed by atoms with Gasteiger partial charge in [0.1, 0.15) is 5.76 Å². The van der Waals surface area contributed by atoms with E-state index in [2.05, 4.69) is 6.26 Å². The molecule has 2 aromatic rings. The molecule has 1 radical (unpaired) electrons. The lowest BCUT2D eigenvalue weighted by Crippen LogP contribution is -1.75. The van der Waals surface area contributed by atoms with E-state index in [1.807, 2.05) is 0 Å². The topological polar surface area (TPSA) is 13.1 Å². The molecule has 3 heteroatoms. The minimum Gasteiger partial charge on any atom is -0.453 e. The molecule has 0 bridgehead atoms. The Bertz CT molecular complexity index is 407. The molecule has 0 fully saturated rings. The Labute approximate surface area is 85.9 Å². The highest BCUT2D eigenvalue weighted by Gasteiger charge is 2.06. The molecule has 65 valence electrons. The molecule has 13 heavy (non-hydrogen) atoms. The minimum atomic E-state index is 0.618. The van der Waals surface area contributed by atoms with E-state index >= 15 is 0 Å². The summed E-state index contributed by atoms with van der Waals surface area (Å²) in [6.45, 7) is 0. The molecule has 0 unspecified atom stereocenters. The molecular weight excluding hydrogens is 207 g/mol. The normalized spacial score (nSPS) is 10.3. The van der Waals surface area contributed by atoms with Crippen LogP contribution >= 0.6 is 23.2 Å². The number of benzene rings is 1. The molecule has 1 aromatic carbocycles. The lowest BCUT2D eigenvalue weighted by Gasteiger charge is -2.00. The van der Waals surface area contributed by atoms with Crippen molar-refractivity contribution in [3.8, 4) is 11.3 Å². The third kappa shape index (κ3) is 1.71. The van der Waals surface area contributed by atoms with Gasteiger partial charge in [0.25, 0.3) is 0 Å². The van der Waals surface area contributed by atoms with Gasteiger partial charge < -0.3 is 4.42 Å². The number of halogens is 2. The predicted molar refractivity (Wildman–Crippen MR) is 53.0 cm³/mol. The third-order valence-electron chi connectivity index (χ3n) is 1.67. The van der Waals surface area contributed by atoms with Crippen LogP contribution in [0.15, 0.2) is 34.7 Å². The van der Waals surface area contributed by atoms with E-state index < -0.39 is 0 Å². The first-order valence-electron chi connectivity index (χ1n) is 3.68. The van der Waals surface area contributed by atoms with Gasteiger partial charge in [0.2, 0.25) is 0 Å². The van der Waals surface area contributed by atoms with Crippen LogP contribution in [0.5, 0.6) is 0 Å². The van der Waals surface area contributed by atoms with Crippen LogP contribution in [0.25, 0.3) is 11.3 Å². The minimum absolute atomic E-state index is 0.618. The lowest BCUT2D eigenvalue weighted by molar-refractivity contribution is 0.573.